The van der Waals surface area contributed by atoms with Gasteiger partial charge in [0.15, 0.2) is 5.58 Å². The summed E-state index contributed by atoms with van der Waals surface area (Å²) in [6.45, 7) is 0. The maximum atomic E-state index is 12.7. The van der Waals surface area contributed by atoms with Crippen LogP contribution >= 0.6 is 11.8 Å². The Labute approximate surface area is 135 Å². The highest BCUT2D eigenvalue weighted by molar-refractivity contribution is 7.99. The summed E-state index contributed by atoms with van der Waals surface area (Å²) in [5, 5.41) is 5.10. The molecule has 2 aromatic rings. The van der Waals surface area contributed by atoms with E-state index in [4.69, 9.17) is 4.52 Å². The zero-order valence-electron chi connectivity index (χ0n) is 12.7. The van der Waals surface area contributed by atoms with Gasteiger partial charge in [0.25, 0.3) is 0 Å². The molecule has 0 amide bonds. The van der Waals surface area contributed by atoms with E-state index in [0.717, 1.165) is 24.6 Å². The molecule has 0 aliphatic heterocycles. The Morgan fingerprint density at radius 3 is 2.91 bits per heavy atom. The minimum atomic E-state index is -3.40. The van der Waals surface area contributed by atoms with Gasteiger partial charge in [0, 0.05) is 23.7 Å². The number of hydrogen-bond donors (Lipinski definition) is 0. The van der Waals surface area contributed by atoms with Gasteiger partial charge in [-0.3, -0.25) is 0 Å². The van der Waals surface area contributed by atoms with E-state index in [0.29, 0.717) is 16.5 Å². The molecule has 0 unspecified atom stereocenters. The molecule has 1 aliphatic rings. The summed E-state index contributed by atoms with van der Waals surface area (Å²) in [6, 6.07) is 7.43. The number of thioether (sulfide) groups is 1. The first-order chi connectivity index (χ1) is 10.5. The van der Waals surface area contributed by atoms with Crippen LogP contribution in [0.5, 0.6) is 0 Å². The van der Waals surface area contributed by atoms with Gasteiger partial charge in [-0.2, -0.15) is 11.8 Å². The number of rotatable bonds is 5. The van der Waals surface area contributed by atoms with Crippen LogP contribution in [-0.2, 0) is 15.8 Å². The van der Waals surface area contributed by atoms with Crippen molar-refractivity contribution in [1.82, 2.24) is 9.46 Å². The third-order valence-electron chi connectivity index (χ3n) is 4.40. The lowest BCUT2D eigenvalue weighted by Gasteiger charge is -2.27. The SMILES string of the molecule is CS[C@H]1CCC[C@H]1N(C)S(=O)(=O)Cc1noc2ccccc12. The van der Waals surface area contributed by atoms with E-state index < -0.39 is 10.0 Å². The fourth-order valence-electron chi connectivity index (χ4n) is 3.12. The Hall–Kier alpha value is -1.05. The number of para-hydroxylation sites is 1. The standard InChI is InChI=1S/C15H20N2O3S2/c1-17(13-7-5-9-15(13)21-2)22(18,19)10-12-11-6-3-4-8-14(11)20-16-12/h3-4,6,8,13,15H,5,7,9-10H2,1-2H3/t13-,15+/m1/s1. The van der Waals surface area contributed by atoms with Crippen molar-refractivity contribution in [1.29, 1.82) is 0 Å². The van der Waals surface area contributed by atoms with Crippen molar-refractivity contribution in [2.45, 2.75) is 36.3 Å². The summed E-state index contributed by atoms with van der Waals surface area (Å²) in [5.41, 5.74) is 1.11. The van der Waals surface area contributed by atoms with Crippen molar-refractivity contribution in [3.8, 4) is 0 Å². The van der Waals surface area contributed by atoms with Crippen molar-refractivity contribution in [2.24, 2.45) is 0 Å². The monoisotopic (exact) mass is 340 g/mol. The van der Waals surface area contributed by atoms with Crippen LogP contribution in [0.1, 0.15) is 25.0 Å². The summed E-state index contributed by atoms with van der Waals surface area (Å²) < 4.78 is 32.2. The summed E-state index contributed by atoms with van der Waals surface area (Å²) in [5.74, 6) is -0.113. The molecular formula is C15H20N2O3S2. The highest BCUT2D eigenvalue weighted by Gasteiger charge is 2.36. The van der Waals surface area contributed by atoms with E-state index in [2.05, 4.69) is 11.4 Å². The smallest absolute Gasteiger partial charge is 0.220 e. The number of aromatic nitrogens is 1. The second-order valence-corrected chi connectivity index (χ2v) is 8.78. The first kappa shape index (κ1) is 15.8. The molecule has 1 aliphatic carbocycles. The highest BCUT2D eigenvalue weighted by Crippen LogP contribution is 2.33. The molecule has 3 rings (SSSR count). The molecule has 2 atom stereocenters. The van der Waals surface area contributed by atoms with Gasteiger partial charge in [0.1, 0.15) is 11.4 Å². The number of benzene rings is 1. The van der Waals surface area contributed by atoms with E-state index in [9.17, 15) is 8.42 Å². The maximum Gasteiger partial charge on any atom is 0.220 e. The van der Waals surface area contributed by atoms with Crippen molar-refractivity contribution in [2.75, 3.05) is 13.3 Å². The predicted molar refractivity (Wildman–Crippen MR) is 89.3 cm³/mol. The normalized spacial score (nSPS) is 22.7. The average molecular weight is 340 g/mol. The zero-order valence-corrected chi connectivity index (χ0v) is 14.4. The Morgan fingerprint density at radius 2 is 2.14 bits per heavy atom. The molecule has 7 heteroatoms. The van der Waals surface area contributed by atoms with Crippen LogP contribution in [0.2, 0.25) is 0 Å². The van der Waals surface area contributed by atoms with Crippen LogP contribution in [0, 0.1) is 0 Å². The Morgan fingerprint density at radius 1 is 1.36 bits per heavy atom. The summed E-state index contributed by atoms with van der Waals surface area (Å²) in [7, 11) is -1.71. The number of nitrogens with zero attached hydrogens (tertiary/aromatic N) is 2. The molecule has 1 fully saturated rings. The average Bonchev–Trinajstić information content (AvgIpc) is 3.13. The minimum absolute atomic E-state index is 0.0816. The predicted octanol–water partition coefficient (Wildman–Crippen LogP) is 2.87. The molecule has 0 radical (unpaired) electrons. The largest absolute Gasteiger partial charge is 0.356 e. The number of fused-ring (bicyclic) bond motifs is 1. The molecule has 0 spiro atoms. The van der Waals surface area contributed by atoms with Gasteiger partial charge in [-0.25, -0.2) is 12.7 Å². The van der Waals surface area contributed by atoms with E-state index in [1.165, 1.54) is 0 Å². The van der Waals surface area contributed by atoms with Crippen LogP contribution in [0.15, 0.2) is 28.8 Å². The first-order valence-corrected chi connectivity index (χ1v) is 10.2. The molecule has 22 heavy (non-hydrogen) atoms. The molecule has 1 aromatic carbocycles. The first-order valence-electron chi connectivity index (χ1n) is 7.34. The molecule has 1 heterocycles. The van der Waals surface area contributed by atoms with E-state index >= 15 is 0 Å². The van der Waals surface area contributed by atoms with Crippen LogP contribution in [0.4, 0.5) is 0 Å². The summed E-state index contributed by atoms with van der Waals surface area (Å²) in [6.07, 6.45) is 5.15. The van der Waals surface area contributed by atoms with Gasteiger partial charge in [-0.1, -0.05) is 23.7 Å². The summed E-state index contributed by atoms with van der Waals surface area (Å²) in [4.78, 5) is 0. The van der Waals surface area contributed by atoms with Crippen molar-refractivity contribution in [3.63, 3.8) is 0 Å². The van der Waals surface area contributed by atoms with Gasteiger partial charge >= 0.3 is 0 Å². The van der Waals surface area contributed by atoms with Crippen LogP contribution in [0.25, 0.3) is 11.0 Å². The molecule has 1 saturated carbocycles. The lowest BCUT2D eigenvalue weighted by molar-refractivity contribution is 0.376. The van der Waals surface area contributed by atoms with Gasteiger partial charge in [-0.15, -0.1) is 0 Å². The molecule has 1 aromatic heterocycles. The Bertz CT molecular complexity index is 757. The summed E-state index contributed by atoms with van der Waals surface area (Å²) >= 11 is 1.76. The van der Waals surface area contributed by atoms with Crippen molar-refractivity contribution in [3.05, 3.63) is 30.0 Å². The molecule has 120 valence electrons. The van der Waals surface area contributed by atoms with Gasteiger partial charge in [0.2, 0.25) is 10.0 Å². The highest BCUT2D eigenvalue weighted by atomic mass is 32.2. The van der Waals surface area contributed by atoms with Gasteiger partial charge in [-0.05, 0) is 31.2 Å². The van der Waals surface area contributed by atoms with Gasteiger partial charge < -0.3 is 4.52 Å². The van der Waals surface area contributed by atoms with E-state index in [1.54, 1.807) is 29.2 Å². The van der Waals surface area contributed by atoms with Crippen molar-refractivity contribution >= 4 is 32.8 Å². The fraction of sp³-hybridized carbons (Fsp3) is 0.533. The second kappa shape index (κ2) is 6.22. The van der Waals surface area contributed by atoms with Gasteiger partial charge in [0.05, 0.1) is 0 Å². The number of hydrogen-bond acceptors (Lipinski definition) is 5. The maximum absolute atomic E-state index is 12.7. The fourth-order valence-corrected chi connectivity index (χ4v) is 5.65. The number of sulfonamides is 1. The van der Waals surface area contributed by atoms with E-state index in [-0.39, 0.29) is 11.8 Å². The second-order valence-electron chi connectivity index (χ2n) is 5.67. The zero-order chi connectivity index (χ0) is 15.7. The van der Waals surface area contributed by atoms with Crippen LogP contribution < -0.4 is 0 Å². The molecule has 0 N–H and O–H groups in total. The lowest BCUT2D eigenvalue weighted by Crippen LogP contribution is -2.41. The molecule has 0 bridgehead atoms. The third kappa shape index (κ3) is 2.89. The van der Waals surface area contributed by atoms with E-state index in [1.807, 2.05) is 18.2 Å². The van der Waals surface area contributed by atoms with Crippen LogP contribution in [-0.4, -0.2) is 42.5 Å². The minimum Gasteiger partial charge on any atom is -0.356 e. The Kier molecular flexibility index (Phi) is 4.47. The third-order valence-corrected chi connectivity index (χ3v) is 7.34. The molecule has 5 nitrogen and oxygen atoms in total. The topological polar surface area (TPSA) is 63.4 Å². The quantitative estimate of drug-likeness (QED) is 0.837. The molecular weight excluding hydrogens is 320 g/mol. The Balaban J connectivity index is 1.84. The van der Waals surface area contributed by atoms with Crippen molar-refractivity contribution < 1.29 is 12.9 Å². The lowest BCUT2D eigenvalue weighted by atomic mass is 10.2. The molecule has 0 saturated heterocycles. The van der Waals surface area contributed by atoms with Crippen LogP contribution in [0.3, 0.4) is 0 Å².